The lowest BCUT2D eigenvalue weighted by Crippen LogP contribution is -2.24. The van der Waals surface area contributed by atoms with Gasteiger partial charge in [-0.1, -0.05) is 140 Å². The average Bonchev–Trinajstić information content (AvgIpc) is 2.88. The minimum atomic E-state index is 0.0512. The molecule has 41 heavy (non-hydrogen) atoms. The number of carbonyl (C=O) groups excluding carboxylic acids is 1. The van der Waals surface area contributed by atoms with Crippen molar-refractivity contribution in [3.05, 3.63) is 130 Å². The molecule has 0 saturated carbocycles. The monoisotopic (exact) mass is 552 g/mol. The highest BCUT2D eigenvalue weighted by atomic mass is 16.1. The van der Waals surface area contributed by atoms with Gasteiger partial charge in [-0.2, -0.15) is 0 Å². The molecule has 0 aromatic carbocycles. The summed E-state index contributed by atoms with van der Waals surface area (Å²) in [6.07, 6.45) is 37.4. The van der Waals surface area contributed by atoms with Crippen LogP contribution in [0, 0.1) is 11.3 Å². The zero-order chi connectivity index (χ0) is 30.8. The van der Waals surface area contributed by atoms with E-state index in [1.165, 1.54) is 40.7 Å². The summed E-state index contributed by atoms with van der Waals surface area (Å²) in [6, 6.07) is 0. The van der Waals surface area contributed by atoms with Gasteiger partial charge in [0.2, 0.25) is 0 Å². The Morgan fingerprint density at radius 2 is 1.29 bits per heavy atom. The molecule has 0 fully saturated rings. The van der Waals surface area contributed by atoms with E-state index < -0.39 is 0 Å². The van der Waals surface area contributed by atoms with Crippen molar-refractivity contribution in [3.63, 3.8) is 0 Å². The molecule has 0 aliphatic heterocycles. The number of hydrogen-bond donors (Lipinski definition) is 0. The summed E-state index contributed by atoms with van der Waals surface area (Å²) in [4.78, 5) is 12.1. The highest BCUT2D eigenvalue weighted by Crippen LogP contribution is 2.39. The Morgan fingerprint density at radius 3 is 1.85 bits per heavy atom. The zero-order valence-corrected chi connectivity index (χ0v) is 27.7. The fourth-order valence-corrected chi connectivity index (χ4v) is 4.57. The smallest absolute Gasteiger partial charge is 0.158 e. The van der Waals surface area contributed by atoms with E-state index in [4.69, 9.17) is 0 Å². The van der Waals surface area contributed by atoms with Crippen LogP contribution in [0.5, 0.6) is 0 Å². The van der Waals surface area contributed by atoms with Gasteiger partial charge in [0, 0.05) is 6.42 Å². The maximum atomic E-state index is 12.1. The first-order chi connectivity index (χ1) is 19.3. The Bertz CT molecular complexity index is 1200. The van der Waals surface area contributed by atoms with Crippen molar-refractivity contribution in [1.82, 2.24) is 0 Å². The van der Waals surface area contributed by atoms with Gasteiger partial charge in [0.1, 0.15) is 0 Å². The van der Waals surface area contributed by atoms with Crippen LogP contribution in [0.15, 0.2) is 130 Å². The van der Waals surface area contributed by atoms with Gasteiger partial charge < -0.3 is 0 Å². The van der Waals surface area contributed by atoms with Crippen LogP contribution >= 0.6 is 0 Å². The molecule has 0 aromatic heterocycles. The molecular formula is C40H56O. The SMILES string of the molecule is CC(C)=CCCC(C)C\C=C/C(C)=C/C=C/C(C)=C/C=C/C=C(C)/C=C/C=C(C)/C=C/C1=C(C)C(=O)CCC1(C)C. The predicted octanol–water partition coefficient (Wildman–Crippen LogP) is 12.0. The van der Waals surface area contributed by atoms with E-state index in [2.05, 4.69) is 153 Å². The predicted molar refractivity (Wildman–Crippen MR) is 184 cm³/mol. The molecule has 1 aliphatic carbocycles. The largest absolute Gasteiger partial charge is 0.295 e. The first-order valence-electron chi connectivity index (χ1n) is 15.3. The maximum Gasteiger partial charge on any atom is 0.158 e. The van der Waals surface area contributed by atoms with Crippen molar-refractivity contribution in [2.75, 3.05) is 0 Å². The van der Waals surface area contributed by atoms with Crippen molar-refractivity contribution in [3.8, 4) is 0 Å². The van der Waals surface area contributed by atoms with Crippen LogP contribution < -0.4 is 0 Å². The van der Waals surface area contributed by atoms with Crippen LogP contribution in [-0.2, 0) is 4.79 Å². The fraction of sp³-hybridized carbons (Fsp3) is 0.425. The second-order valence-corrected chi connectivity index (χ2v) is 12.5. The normalized spacial score (nSPS) is 18.7. The first-order valence-corrected chi connectivity index (χ1v) is 15.3. The fourth-order valence-electron chi connectivity index (χ4n) is 4.57. The maximum absolute atomic E-state index is 12.1. The minimum absolute atomic E-state index is 0.0512. The molecule has 0 amide bonds. The molecule has 0 radical (unpaired) electrons. The highest BCUT2D eigenvalue weighted by molar-refractivity contribution is 5.97. The Kier molecular flexibility index (Phi) is 16.6. The summed E-state index contributed by atoms with van der Waals surface area (Å²) < 4.78 is 0. The summed E-state index contributed by atoms with van der Waals surface area (Å²) in [5.41, 5.74) is 8.37. The standard InChI is InChI=1S/C40H56O/c1-31(2)17-13-20-34(5)23-15-25-35(6)24-14-21-32(3)18-11-12-19-33(4)22-16-26-36(7)27-28-38-37(8)39(41)29-30-40(38,9)10/h11-12,14-19,21-22,24-28,34H,13,20,23,29-30H2,1-10H3/b12-11+,21-14+,22-16+,25-15-,28-27+,32-18+,33-19+,35-24+,36-26+. The third-order valence-corrected chi connectivity index (χ3v) is 7.44. The van der Waals surface area contributed by atoms with Crippen LogP contribution in [0.1, 0.15) is 101 Å². The topological polar surface area (TPSA) is 17.1 Å². The molecule has 222 valence electrons. The van der Waals surface area contributed by atoms with Crippen LogP contribution in [0.3, 0.4) is 0 Å². The Balaban J connectivity index is 2.57. The van der Waals surface area contributed by atoms with Gasteiger partial charge in [-0.3, -0.25) is 4.79 Å². The molecule has 0 aromatic rings. The molecule has 1 unspecified atom stereocenters. The molecular weight excluding hydrogens is 496 g/mol. The third kappa shape index (κ3) is 16.0. The van der Waals surface area contributed by atoms with E-state index in [9.17, 15) is 4.79 Å². The molecule has 0 saturated heterocycles. The quantitative estimate of drug-likeness (QED) is 0.155. The van der Waals surface area contributed by atoms with Gasteiger partial charge in [-0.15, -0.1) is 0 Å². The zero-order valence-electron chi connectivity index (χ0n) is 27.7. The van der Waals surface area contributed by atoms with Gasteiger partial charge in [-0.25, -0.2) is 0 Å². The van der Waals surface area contributed by atoms with Crippen molar-refractivity contribution in [2.45, 2.75) is 101 Å². The molecule has 0 N–H and O–H groups in total. The molecule has 0 spiro atoms. The Labute approximate surface area is 253 Å². The third-order valence-electron chi connectivity index (χ3n) is 7.44. The first kappa shape index (κ1) is 35.8. The van der Waals surface area contributed by atoms with E-state index >= 15 is 0 Å². The summed E-state index contributed by atoms with van der Waals surface area (Å²) in [6.45, 7) is 21.5. The molecule has 1 nitrogen and oxygen atoms in total. The number of hydrogen-bond acceptors (Lipinski definition) is 1. The molecule has 1 atom stereocenters. The number of ketones is 1. The van der Waals surface area contributed by atoms with Crippen molar-refractivity contribution >= 4 is 5.78 Å². The lowest BCUT2D eigenvalue weighted by molar-refractivity contribution is -0.116. The number of carbonyl (C=O) groups is 1. The van der Waals surface area contributed by atoms with Crippen LogP contribution in [0.4, 0.5) is 0 Å². The second kappa shape index (κ2) is 19.0. The van der Waals surface area contributed by atoms with Crippen molar-refractivity contribution in [2.24, 2.45) is 11.3 Å². The molecule has 1 heteroatoms. The van der Waals surface area contributed by atoms with E-state index in [0.717, 1.165) is 24.0 Å². The van der Waals surface area contributed by atoms with Gasteiger partial charge in [-0.05, 0) is 96.6 Å². The van der Waals surface area contributed by atoms with Crippen molar-refractivity contribution in [1.29, 1.82) is 0 Å². The lowest BCUT2D eigenvalue weighted by atomic mass is 9.72. The molecule has 0 bridgehead atoms. The van der Waals surface area contributed by atoms with Crippen LogP contribution in [-0.4, -0.2) is 5.78 Å². The van der Waals surface area contributed by atoms with Gasteiger partial charge in [0.05, 0.1) is 0 Å². The summed E-state index contributed by atoms with van der Waals surface area (Å²) in [7, 11) is 0. The number of Topliss-reactive ketones (excluding diaryl/α,β-unsaturated/α-hetero) is 1. The second-order valence-electron chi connectivity index (χ2n) is 12.5. The van der Waals surface area contributed by atoms with Crippen LogP contribution in [0.25, 0.3) is 0 Å². The van der Waals surface area contributed by atoms with Crippen molar-refractivity contribution < 1.29 is 4.79 Å². The molecule has 1 rings (SSSR count). The Hall–Kier alpha value is -3.19. The number of allylic oxidation sites excluding steroid dienone is 22. The summed E-state index contributed by atoms with van der Waals surface area (Å²) in [5, 5.41) is 0. The van der Waals surface area contributed by atoms with Gasteiger partial charge in [0.25, 0.3) is 0 Å². The summed E-state index contributed by atoms with van der Waals surface area (Å²) >= 11 is 0. The lowest BCUT2D eigenvalue weighted by Gasteiger charge is -2.32. The molecule has 0 heterocycles. The highest BCUT2D eigenvalue weighted by Gasteiger charge is 2.30. The average molecular weight is 553 g/mol. The minimum Gasteiger partial charge on any atom is -0.295 e. The van der Waals surface area contributed by atoms with E-state index in [1.807, 2.05) is 6.92 Å². The van der Waals surface area contributed by atoms with E-state index in [1.54, 1.807) is 0 Å². The van der Waals surface area contributed by atoms with Gasteiger partial charge in [0.15, 0.2) is 5.78 Å². The van der Waals surface area contributed by atoms with Crippen LogP contribution in [0.2, 0.25) is 0 Å². The van der Waals surface area contributed by atoms with Gasteiger partial charge >= 0.3 is 0 Å². The van der Waals surface area contributed by atoms with E-state index in [0.29, 0.717) is 12.3 Å². The number of rotatable bonds is 14. The summed E-state index contributed by atoms with van der Waals surface area (Å²) in [5.74, 6) is 0.996. The van der Waals surface area contributed by atoms with E-state index in [-0.39, 0.29) is 11.2 Å². The molecule has 1 aliphatic rings. The Morgan fingerprint density at radius 1 is 0.780 bits per heavy atom.